The van der Waals surface area contributed by atoms with E-state index in [1.807, 2.05) is 39.0 Å². The van der Waals surface area contributed by atoms with Gasteiger partial charge in [-0.2, -0.15) is 0 Å². The van der Waals surface area contributed by atoms with Crippen molar-refractivity contribution in [3.8, 4) is 0 Å². The minimum atomic E-state index is -0.748. The lowest BCUT2D eigenvalue weighted by Crippen LogP contribution is -2.47. The van der Waals surface area contributed by atoms with Gasteiger partial charge in [-0.25, -0.2) is 4.90 Å². The average molecular weight is 458 g/mol. The Morgan fingerprint density at radius 1 is 1.19 bits per heavy atom. The maximum atomic E-state index is 13.2. The van der Waals surface area contributed by atoms with Crippen molar-refractivity contribution in [2.24, 2.45) is 0 Å². The third-order valence-electron chi connectivity index (χ3n) is 5.79. The molecule has 170 valence electrons. The van der Waals surface area contributed by atoms with Gasteiger partial charge in [0.05, 0.1) is 31.3 Å². The Balaban J connectivity index is 1.78. The highest BCUT2D eigenvalue weighted by atomic mass is 35.5. The molecule has 1 N–H and O–H groups in total. The Hall–Kier alpha value is -2.74. The van der Waals surface area contributed by atoms with Crippen molar-refractivity contribution >= 4 is 40.7 Å². The van der Waals surface area contributed by atoms with Crippen molar-refractivity contribution in [1.82, 2.24) is 4.90 Å². The quantitative estimate of drug-likeness (QED) is 0.614. The van der Waals surface area contributed by atoms with Crippen LogP contribution in [0, 0.1) is 20.8 Å². The predicted octanol–water partition coefficient (Wildman–Crippen LogP) is 3.48. The highest BCUT2D eigenvalue weighted by Crippen LogP contribution is 2.29. The molecule has 32 heavy (non-hydrogen) atoms. The molecule has 0 radical (unpaired) electrons. The normalized spacial score (nSPS) is 16.2. The van der Waals surface area contributed by atoms with Crippen LogP contribution in [-0.2, 0) is 19.1 Å². The summed E-state index contributed by atoms with van der Waals surface area (Å²) in [7, 11) is 1.55. The number of aryl methyl sites for hydroxylation is 2. The van der Waals surface area contributed by atoms with Crippen molar-refractivity contribution < 1.29 is 19.1 Å². The van der Waals surface area contributed by atoms with Crippen LogP contribution < -0.4 is 10.2 Å². The smallest absolute Gasteiger partial charge is 0.251 e. The zero-order valence-electron chi connectivity index (χ0n) is 18.8. The molecule has 2 aromatic carbocycles. The first-order valence-electron chi connectivity index (χ1n) is 10.4. The van der Waals surface area contributed by atoms with Crippen LogP contribution >= 0.6 is 11.6 Å². The lowest BCUT2D eigenvalue weighted by molar-refractivity contribution is -0.124. The summed E-state index contributed by atoms with van der Waals surface area (Å²) in [6, 6.07) is 10.0. The largest absolute Gasteiger partial charge is 0.383 e. The molecule has 1 unspecified atom stereocenters. The summed E-state index contributed by atoms with van der Waals surface area (Å²) in [6.07, 6.45) is -0.00913. The summed E-state index contributed by atoms with van der Waals surface area (Å²) in [5, 5.41) is 3.40. The number of carbonyl (C=O) groups is 3. The predicted molar refractivity (Wildman–Crippen MR) is 125 cm³/mol. The molecule has 1 heterocycles. The summed E-state index contributed by atoms with van der Waals surface area (Å²) in [5.74, 6) is -0.949. The Kier molecular flexibility index (Phi) is 7.66. The maximum absolute atomic E-state index is 13.2. The van der Waals surface area contributed by atoms with Gasteiger partial charge in [0.2, 0.25) is 11.8 Å². The van der Waals surface area contributed by atoms with Gasteiger partial charge in [0.1, 0.15) is 0 Å². The summed E-state index contributed by atoms with van der Waals surface area (Å²) >= 11 is 6.20. The number of hydrogen-bond donors (Lipinski definition) is 1. The molecule has 3 rings (SSSR count). The van der Waals surface area contributed by atoms with Crippen molar-refractivity contribution in [3.05, 3.63) is 58.1 Å². The minimum Gasteiger partial charge on any atom is -0.383 e. The molecule has 0 spiro atoms. The zero-order chi connectivity index (χ0) is 23.4. The van der Waals surface area contributed by atoms with Gasteiger partial charge in [-0.15, -0.1) is 0 Å². The number of halogens is 1. The fourth-order valence-corrected chi connectivity index (χ4v) is 3.88. The molecule has 1 aliphatic rings. The molecule has 0 aromatic heterocycles. The molecule has 1 atom stereocenters. The van der Waals surface area contributed by atoms with E-state index in [1.165, 1.54) is 0 Å². The Morgan fingerprint density at radius 2 is 1.94 bits per heavy atom. The zero-order valence-corrected chi connectivity index (χ0v) is 19.5. The van der Waals surface area contributed by atoms with Crippen molar-refractivity contribution in [3.63, 3.8) is 0 Å². The van der Waals surface area contributed by atoms with Gasteiger partial charge in [0.15, 0.2) is 0 Å². The second-order valence-corrected chi connectivity index (χ2v) is 8.39. The molecule has 2 aromatic rings. The summed E-state index contributed by atoms with van der Waals surface area (Å²) < 4.78 is 5.17. The van der Waals surface area contributed by atoms with E-state index < -0.39 is 6.04 Å². The van der Waals surface area contributed by atoms with Gasteiger partial charge >= 0.3 is 0 Å². The van der Waals surface area contributed by atoms with E-state index in [2.05, 4.69) is 5.32 Å². The van der Waals surface area contributed by atoms with Crippen LogP contribution in [0.4, 0.5) is 11.4 Å². The first-order valence-corrected chi connectivity index (χ1v) is 10.8. The van der Waals surface area contributed by atoms with E-state index in [4.69, 9.17) is 16.3 Å². The van der Waals surface area contributed by atoms with Crippen LogP contribution in [0.3, 0.4) is 0 Å². The number of methoxy groups -OCH3 is 1. The fourth-order valence-electron chi connectivity index (χ4n) is 3.71. The first-order chi connectivity index (χ1) is 15.2. The van der Waals surface area contributed by atoms with Gasteiger partial charge in [-0.3, -0.25) is 19.3 Å². The highest BCUT2D eigenvalue weighted by molar-refractivity contribution is 6.32. The third kappa shape index (κ3) is 5.18. The number of imide groups is 1. The lowest BCUT2D eigenvalue weighted by Gasteiger charge is -2.26. The number of benzene rings is 2. The fraction of sp³-hybridized carbons (Fsp3) is 0.375. The van der Waals surface area contributed by atoms with Gasteiger partial charge in [-0.05, 0) is 55.7 Å². The number of ether oxygens (including phenoxy) is 1. The van der Waals surface area contributed by atoms with Gasteiger partial charge < -0.3 is 10.1 Å². The number of amides is 3. The van der Waals surface area contributed by atoms with E-state index >= 15 is 0 Å². The number of hydrogen-bond acceptors (Lipinski definition) is 5. The third-order valence-corrected chi connectivity index (χ3v) is 6.19. The maximum Gasteiger partial charge on any atom is 0.251 e. The minimum absolute atomic E-state index is 0.00913. The molecule has 0 saturated carbocycles. The van der Waals surface area contributed by atoms with Crippen molar-refractivity contribution in [2.75, 3.05) is 37.0 Å². The number of anilines is 2. The van der Waals surface area contributed by atoms with Crippen LogP contribution in [0.2, 0.25) is 5.02 Å². The molecule has 1 fully saturated rings. The topological polar surface area (TPSA) is 79.0 Å². The number of nitrogens with one attached hydrogen (secondary N) is 1. The summed E-state index contributed by atoms with van der Waals surface area (Å²) in [6.45, 7) is 6.39. The Morgan fingerprint density at radius 3 is 2.62 bits per heavy atom. The summed E-state index contributed by atoms with van der Waals surface area (Å²) in [4.78, 5) is 41.6. The van der Waals surface area contributed by atoms with Crippen molar-refractivity contribution in [2.45, 2.75) is 33.2 Å². The van der Waals surface area contributed by atoms with Crippen LogP contribution in [0.1, 0.15) is 23.1 Å². The average Bonchev–Trinajstić information content (AvgIpc) is 3.04. The molecule has 0 aliphatic carbocycles. The van der Waals surface area contributed by atoms with Crippen LogP contribution in [0.25, 0.3) is 0 Å². The summed E-state index contributed by atoms with van der Waals surface area (Å²) in [5.41, 5.74) is 4.08. The van der Waals surface area contributed by atoms with E-state index in [9.17, 15) is 14.4 Å². The van der Waals surface area contributed by atoms with E-state index in [-0.39, 0.29) is 30.7 Å². The van der Waals surface area contributed by atoms with Gasteiger partial charge in [0, 0.05) is 24.4 Å². The van der Waals surface area contributed by atoms with Crippen LogP contribution in [0.15, 0.2) is 36.4 Å². The molecular formula is C24H28ClN3O4. The van der Waals surface area contributed by atoms with Crippen LogP contribution in [0.5, 0.6) is 0 Å². The molecular weight excluding hydrogens is 430 g/mol. The SMILES string of the molecule is COCCN(CC(=O)Nc1cccc(C)c1C)C1CC(=O)N(c2ccc(C)c(Cl)c2)C1=O. The lowest BCUT2D eigenvalue weighted by atomic mass is 10.1. The van der Waals surface area contributed by atoms with Gasteiger partial charge in [0.25, 0.3) is 5.91 Å². The second-order valence-electron chi connectivity index (χ2n) is 7.98. The van der Waals surface area contributed by atoms with Gasteiger partial charge in [-0.1, -0.05) is 29.8 Å². The second kappa shape index (κ2) is 10.3. The van der Waals surface area contributed by atoms with E-state index in [1.54, 1.807) is 30.2 Å². The number of rotatable bonds is 8. The van der Waals surface area contributed by atoms with E-state index in [0.717, 1.165) is 27.3 Å². The molecule has 7 nitrogen and oxygen atoms in total. The standard InChI is InChI=1S/C24H28ClN3O4/c1-15-6-5-7-20(17(15)3)26-22(29)14-27(10-11-32-4)21-13-23(30)28(24(21)31)18-9-8-16(2)19(25)12-18/h5-9,12,21H,10-11,13-14H2,1-4H3,(H,26,29). The monoisotopic (exact) mass is 457 g/mol. The Labute approximate surface area is 193 Å². The number of nitrogens with zero attached hydrogens (tertiary/aromatic N) is 2. The number of carbonyl (C=O) groups excluding carboxylic acids is 3. The van der Waals surface area contributed by atoms with E-state index in [0.29, 0.717) is 23.9 Å². The molecule has 0 bridgehead atoms. The molecule has 1 aliphatic heterocycles. The molecule has 8 heteroatoms. The molecule has 3 amide bonds. The molecule has 1 saturated heterocycles. The highest BCUT2D eigenvalue weighted by Gasteiger charge is 2.43. The first kappa shape index (κ1) is 23.9. The van der Waals surface area contributed by atoms with Crippen molar-refractivity contribution in [1.29, 1.82) is 0 Å². The van der Waals surface area contributed by atoms with Crippen LogP contribution in [-0.4, -0.2) is 55.5 Å². The Bertz CT molecular complexity index is 1040.